The molecule has 3 heteroatoms. The maximum Gasteiger partial charge on any atom is 0.167 e. The number of benzene rings is 2. The minimum atomic E-state index is 0.0368. The molecule has 0 N–H and O–H groups in total. The van der Waals surface area contributed by atoms with E-state index in [4.69, 9.17) is 23.2 Å². The molecule has 0 radical (unpaired) electrons. The van der Waals surface area contributed by atoms with Crippen molar-refractivity contribution in [3.8, 4) is 0 Å². The van der Waals surface area contributed by atoms with E-state index in [0.717, 1.165) is 5.56 Å². The zero-order valence-electron chi connectivity index (χ0n) is 8.99. The second-order valence-electron chi connectivity index (χ2n) is 3.70. The second kappa shape index (κ2) is 5.35. The summed E-state index contributed by atoms with van der Waals surface area (Å²) in [6.45, 7) is 0. The molecule has 2 aromatic carbocycles. The van der Waals surface area contributed by atoms with E-state index in [1.807, 2.05) is 18.2 Å². The number of carbonyl (C=O) groups is 1. The van der Waals surface area contributed by atoms with Crippen molar-refractivity contribution >= 4 is 29.0 Å². The molecule has 0 aromatic heterocycles. The lowest BCUT2D eigenvalue weighted by atomic mass is 10.0. The van der Waals surface area contributed by atoms with Crippen LogP contribution in [0.3, 0.4) is 0 Å². The number of hydrogen-bond acceptors (Lipinski definition) is 1. The summed E-state index contributed by atoms with van der Waals surface area (Å²) < 4.78 is 0. The van der Waals surface area contributed by atoms with Crippen molar-refractivity contribution in [2.24, 2.45) is 0 Å². The molecule has 2 aromatic rings. The smallest absolute Gasteiger partial charge is 0.167 e. The molecule has 0 atom stereocenters. The first-order valence-electron chi connectivity index (χ1n) is 5.19. The lowest BCUT2D eigenvalue weighted by Gasteiger charge is -2.03. The highest BCUT2D eigenvalue weighted by Gasteiger charge is 2.08. The van der Waals surface area contributed by atoms with Crippen LogP contribution >= 0.6 is 23.2 Å². The molecule has 0 saturated heterocycles. The topological polar surface area (TPSA) is 17.1 Å². The number of hydrogen-bond donors (Lipinski definition) is 0. The minimum absolute atomic E-state index is 0.0368. The Morgan fingerprint density at radius 3 is 2.24 bits per heavy atom. The Morgan fingerprint density at radius 1 is 0.941 bits per heavy atom. The lowest BCUT2D eigenvalue weighted by Crippen LogP contribution is -2.03. The summed E-state index contributed by atoms with van der Waals surface area (Å²) in [5.41, 5.74) is 1.49. The van der Waals surface area contributed by atoms with E-state index in [1.54, 1.807) is 30.3 Å². The van der Waals surface area contributed by atoms with E-state index in [-0.39, 0.29) is 5.78 Å². The van der Waals surface area contributed by atoms with Crippen LogP contribution in [-0.4, -0.2) is 5.78 Å². The fourth-order valence-corrected chi connectivity index (χ4v) is 1.88. The number of ketones is 1. The van der Waals surface area contributed by atoms with Crippen LogP contribution in [0.4, 0.5) is 0 Å². The van der Waals surface area contributed by atoms with Gasteiger partial charge in [0.2, 0.25) is 0 Å². The first-order valence-corrected chi connectivity index (χ1v) is 5.94. The lowest BCUT2D eigenvalue weighted by molar-refractivity contribution is 0.0993. The molecule has 1 nitrogen and oxygen atoms in total. The van der Waals surface area contributed by atoms with Crippen molar-refractivity contribution in [2.45, 2.75) is 6.42 Å². The van der Waals surface area contributed by atoms with Gasteiger partial charge in [-0.2, -0.15) is 0 Å². The number of rotatable bonds is 3. The van der Waals surface area contributed by atoms with Gasteiger partial charge in [-0.15, -0.1) is 0 Å². The summed E-state index contributed by atoms with van der Waals surface area (Å²) in [5, 5.41) is 1.24. The number of halogens is 2. The van der Waals surface area contributed by atoms with Crippen LogP contribution in [0.25, 0.3) is 0 Å². The summed E-state index contributed by atoms with van der Waals surface area (Å²) in [6, 6.07) is 14.2. The van der Waals surface area contributed by atoms with Crippen molar-refractivity contribution in [2.75, 3.05) is 0 Å². The van der Waals surface area contributed by atoms with Crippen LogP contribution in [0.1, 0.15) is 15.9 Å². The zero-order chi connectivity index (χ0) is 12.3. The molecular formula is C14H10Cl2O. The molecule has 0 bridgehead atoms. The van der Waals surface area contributed by atoms with Gasteiger partial charge in [-0.1, -0.05) is 41.4 Å². The molecule has 17 heavy (non-hydrogen) atoms. The highest BCUT2D eigenvalue weighted by Crippen LogP contribution is 2.18. The van der Waals surface area contributed by atoms with Gasteiger partial charge in [0.25, 0.3) is 0 Å². The van der Waals surface area contributed by atoms with Gasteiger partial charge in [0.05, 0.1) is 0 Å². The van der Waals surface area contributed by atoms with Gasteiger partial charge in [0.15, 0.2) is 5.78 Å². The van der Waals surface area contributed by atoms with Gasteiger partial charge in [-0.3, -0.25) is 4.79 Å². The van der Waals surface area contributed by atoms with Crippen LogP contribution in [0.15, 0.2) is 48.5 Å². The summed E-state index contributed by atoms with van der Waals surface area (Å²) in [5.74, 6) is 0.0368. The van der Waals surface area contributed by atoms with E-state index in [1.165, 1.54) is 0 Å². The Morgan fingerprint density at radius 2 is 1.59 bits per heavy atom. The molecule has 0 aliphatic heterocycles. The molecule has 0 heterocycles. The fourth-order valence-electron chi connectivity index (χ4n) is 1.55. The van der Waals surface area contributed by atoms with E-state index in [2.05, 4.69) is 0 Å². The highest BCUT2D eigenvalue weighted by molar-refractivity contribution is 6.31. The predicted molar refractivity (Wildman–Crippen MR) is 70.9 cm³/mol. The summed E-state index contributed by atoms with van der Waals surface area (Å²) in [4.78, 5) is 12.0. The molecule has 0 amide bonds. The van der Waals surface area contributed by atoms with Gasteiger partial charge in [-0.05, 0) is 35.9 Å². The molecular weight excluding hydrogens is 255 g/mol. The normalized spacial score (nSPS) is 10.2. The third-order valence-electron chi connectivity index (χ3n) is 2.48. The van der Waals surface area contributed by atoms with Gasteiger partial charge in [0, 0.05) is 22.0 Å². The van der Waals surface area contributed by atoms with E-state index in [0.29, 0.717) is 22.0 Å². The maximum absolute atomic E-state index is 12.0. The second-order valence-corrected chi connectivity index (χ2v) is 4.54. The zero-order valence-corrected chi connectivity index (χ0v) is 10.5. The van der Waals surface area contributed by atoms with Crippen LogP contribution in [-0.2, 0) is 6.42 Å². The van der Waals surface area contributed by atoms with Crippen molar-refractivity contribution < 1.29 is 4.79 Å². The number of Topliss-reactive ketones (excluding diaryl/α,β-unsaturated/α-hetero) is 1. The SMILES string of the molecule is O=C(Cc1ccccc1Cl)c1ccc(Cl)cc1. The van der Waals surface area contributed by atoms with Crippen molar-refractivity contribution in [3.63, 3.8) is 0 Å². The average molecular weight is 265 g/mol. The standard InChI is InChI=1S/C14H10Cl2O/c15-12-7-5-10(6-8-12)14(17)9-11-3-1-2-4-13(11)16/h1-8H,9H2. The Hall–Kier alpha value is -1.31. The van der Waals surface area contributed by atoms with Crippen LogP contribution < -0.4 is 0 Å². The monoisotopic (exact) mass is 264 g/mol. The van der Waals surface area contributed by atoms with Gasteiger partial charge in [0.1, 0.15) is 0 Å². The van der Waals surface area contributed by atoms with Crippen molar-refractivity contribution in [1.82, 2.24) is 0 Å². The predicted octanol–water partition coefficient (Wildman–Crippen LogP) is 4.42. The van der Waals surface area contributed by atoms with Crippen LogP contribution in [0.5, 0.6) is 0 Å². The van der Waals surface area contributed by atoms with Gasteiger partial charge in [-0.25, -0.2) is 0 Å². The molecule has 0 aliphatic rings. The van der Waals surface area contributed by atoms with Gasteiger partial charge >= 0.3 is 0 Å². The molecule has 0 saturated carbocycles. The Kier molecular flexibility index (Phi) is 3.82. The maximum atomic E-state index is 12.0. The summed E-state index contributed by atoms with van der Waals surface area (Å²) in [6.07, 6.45) is 0.307. The van der Waals surface area contributed by atoms with Crippen molar-refractivity contribution in [1.29, 1.82) is 0 Å². The van der Waals surface area contributed by atoms with E-state index >= 15 is 0 Å². The highest BCUT2D eigenvalue weighted by atomic mass is 35.5. The Labute approximate surface area is 110 Å². The Bertz CT molecular complexity index is 532. The quantitative estimate of drug-likeness (QED) is 0.751. The first-order chi connectivity index (χ1) is 8.16. The summed E-state index contributed by atoms with van der Waals surface area (Å²) in [7, 11) is 0. The van der Waals surface area contributed by atoms with Crippen LogP contribution in [0, 0.1) is 0 Å². The molecule has 86 valence electrons. The third kappa shape index (κ3) is 3.09. The molecule has 0 aliphatic carbocycles. The molecule has 0 fully saturated rings. The van der Waals surface area contributed by atoms with E-state index in [9.17, 15) is 4.79 Å². The fraction of sp³-hybridized carbons (Fsp3) is 0.0714. The minimum Gasteiger partial charge on any atom is -0.294 e. The number of carbonyl (C=O) groups excluding carboxylic acids is 1. The molecule has 0 unspecified atom stereocenters. The van der Waals surface area contributed by atoms with Gasteiger partial charge < -0.3 is 0 Å². The average Bonchev–Trinajstić information content (AvgIpc) is 2.33. The van der Waals surface area contributed by atoms with Crippen molar-refractivity contribution in [3.05, 3.63) is 69.7 Å². The molecule has 0 spiro atoms. The molecule has 2 rings (SSSR count). The first kappa shape index (κ1) is 12.2. The largest absolute Gasteiger partial charge is 0.294 e. The van der Waals surface area contributed by atoms with E-state index < -0.39 is 0 Å². The third-order valence-corrected chi connectivity index (χ3v) is 3.10. The Balaban J connectivity index is 2.17. The van der Waals surface area contributed by atoms with Crippen LogP contribution in [0.2, 0.25) is 10.0 Å². The summed E-state index contributed by atoms with van der Waals surface area (Å²) >= 11 is 11.8.